The molecule has 0 aliphatic carbocycles. The van der Waals surface area contributed by atoms with Crippen molar-refractivity contribution in [3.8, 4) is 0 Å². The monoisotopic (exact) mass is 294 g/mol. The average molecular weight is 295 g/mol. The lowest BCUT2D eigenvalue weighted by Crippen LogP contribution is -2.37. The van der Waals surface area contributed by atoms with E-state index in [1.54, 1.807) is 0 Å². The summed E-state index contributed by atoms with van der Waals surface area (Å²) in [5, 5.41) is 0.259. The SMILES string of the molecule is Cc1nc(Cl)c(C=O)c(N2CCCN3CCCC3C2)n1. The molecule has 2 saturated heterocycles. The molecule has 0 aromatic carbocycles. The van der Waals surface area contributed by atoms with Crippen molar-refractivity contribution in [2.75, 3.05) is 31.1 Å². The lowest BCUT2D eigenvalue weighted by molar-refractivity contribution is 0.112. The number of fused-ring (bicyclic) bond motifs is 1. The van der Waals surface area contributed by atoms with E-state index < -0.39 is 0 Å². The van der Waals surface area contributed by atoms with Crippen LogP contribution in [0.3, 0.4) is 0 Å². The minimum absolute atomic E-state index is 0.259. The topological polar surface area (TPSA) is 49.3 Å². The third kappa shape index (κ3) is 2.52. The number of aromatic nitrogens is 2. The first-order chi connectivity index (χ1) is 9.69. The summed E-state index contributed by atoms with van der Waals surface area (Å²) >= 11 is 6.09. The highest BCUT2D eigenvalue weighted by molar-refractivity contribution is 6.32. The first-order valence-corrected chi connectivity index (χ1v) is 7.55. The summed E-state index contributed by atoms with van der Waals surface area (Å²) < 4.78 is 0. The second-order valence-electron chi connectivity index (χ2n) is 5.55. The fraction of sp³-hybridized carbons (Fsp3) is 0.643. The first-order valence-electron chi connectivity index (χ1n) is 7.17. The minimum atomic E-state index is 0.259. The van der Waals surface area contributed by atoms with Crippen LogP contribution in [0.1, 0.15) is 35.4 Å². The highest BCUT2D eigenvalue weighted by Crippen LogP contribution is 2.27. The van der Waals surface area contributed by atoms with Gasteiger partial charge in [0.15, 0.2) is 6.29 Å². The van der Waals surface area contributed by atoms with Gasteiger partial charge in [-0.3, -0.25) is 9.69 Å². The molecular weight excluding hydrogens is 276 g/mol. The highest BCUT2D eigenvalue weighted by atomic mass is 35.5. The number of hydrogen-bond donors (Lipinski definition) is 0. The normalized spacial score (nSPS) is 23.5. The summed E-state index contributed by atoms with van der Waals surface area (Å²) in [7, 11) is 0. The van der Waals surface area contributed by atoms with Crippen LogP contribution in [-0.2, 0) is 0 Å². The Kier molecular flexibility index (Phi) is 3.89. The van der Waals surface area contributed by atoms with Crippen molar-refractivity contribution >= 4 is 23.7 Å². The molecule has 6 heteroatoms. The number of hydrogen-bond acceptors (Lipinski definition) is 5. The van der Waals surface area contributed by atoms with Gasteiger partial charge in [-0.05, 0) is 32.7 Å². The van der Waals surface area contributed by atoms with Gasteiger partial charge in [-0.25, -0.2) is 9.97 Å². The maximum absolute atomic E-state index is 11.3. The Hall–Kier alpha value is -1.20. The van der Waals surface area contributed by atoms with E-state index in [0.29, 0.717) is 23.2 Å². The zero-order chi connectivity index (χ0) is 14.1. The molecule has 0 N–H and O–H groups in total. The molecule has 1 aromatic rings. The molecule has 2 aliphatic rings. The lowest BCUT2D eigenvalue weighted by atomic mass is 10.2. The van der Waals surface area contributed by atoms with Gasteiger partial charge in [0, 0.05) is 25.7 Å². The van der Waals surface area contributed by atoms with Crippen LogP contribution in [-0.4, -0.2) is 53.4 Å². The number of carbonyl (C=O) groups excluding carboxylic acids is 1. The summed E-state index contributed by atoms with van der Waals surface area (Å²) in [5.74, 6) is 1.31. The van der Waals surface area contributed by atoms with Gasteiger partial charge in [-0.1, -0.05) is 11.6 Å². The van der Waals surface area contributed by atoms with E-state index in [2.05, 4.69) is 19.8 Å². The van der Waals surface area contributed by atoms with Crippen molar-refractivity contribution in [2.24, 2.45) is 0 Å². The summed E-state index contributed by atoms with van der Waals surface area (Å²) in [4.78, 5) is 24.6. The summed E-state index contributed by atoms with van der Waals surface area (Å²) in [6, 6.07) is 0.575. The maximum Gasteiger partial charge on any atom is 0.156 e. The van der Waals surface area contributed by atoms with Crippen molar-refractivity contribution in [1.29, 1.82) is 0 Å². The first kappa shape index (κ1) is 13.8. The van der Waals surface area contributed by atoms with E-state index >= 15 is 0 Å². The van der Waals surface area contributed by atoms with Crippen molar-refractivity contribution in [1.82, 2.24) is 14.9 Å². The van der Waals surface area contributed by atoms with Crippen LogP contribution in [0, 0.1) is 6.92 Å². The molecule has 0 bridgehead atoms. The molecule has 3 rings (SSSR count). The predicted octanol–water partition coefficient (Wildman–Crippen LogP) is 1.93. The smallest absolute Gasteiger partial charge is 0.156 e. The van der Waals surface area contributed by atoms with Crippen LogP contribution in [0.5, 0.6) is 0 Å². The Balaban J connectivity index is 1.93. The Labute approximate surface area is 123 Å². The van der Waals surface area contributed by atoms with Gasteiger partial charge >= 0.3 is 0 Å². The molecule has 2 aliphatic heterocycles. The number of nitrogens with zero attached hydrogens (tertiary/aromatic N) is 4. The zero-order valence-corrected chi connectivity index (χ0v) is 12.4. The van der Waals surface area contributed by atoms with Gasteiger partial charge in [0.05, 0.1) is 5.56 Å². The van der Waals surface area contributed by atoms with Crippen molar-refractivity contribution in [3.63, 3.8) is 0 Å². The van der Waals surface area contributed by atoms with Crippen LogP contribution in [0.25, 0.3) is 0 Å². The van der Waals surface area contributed by atoms with Crippen molar-refractivity contribution in [3.05, 3.63) is 16.5 Å². The molecule has 5 nitrogen and oxygen atoms in total. The second kappa shape index (κ2) is 5.66. The highest BCUT2D eigenvalue weighted by Gasteiger charge is 2.30. The molecule has 0 radical (unpaired) electrons. The van der Waals surface area contributed by atoms with E-state index in [-0.39, 0.29) is 5.15 Å². The van der Waals surface area contributed by atoms with Crippen LogP contribution in [0.15, 0.2) is 0 Å². The van der Waals surface area contributed by atoms with Gasteiger partial charge < -0.3 is 4.90 Å². The molecular formula is C14H19ClN4O. The average Bonchev–Trinajstić information content (AvgIpc) is 2.75. The quantitative estimate of drug-likeness (QED) is 0.616. The Bertz CT molecular complexity index is 522. The predicted molar refractivity (Wildman–Crippen MR) is 78.6 cm³/mol. The van der Waals surface area contributed by atoms with Gasteiger partial charge in [0.1, 0.15) is 16.8 Å². The molecule has 0 amide bonds. The Morgan fingerprint density at radius 1 is 1.25 bits per heavy atom. The van der Waals surface area contributed by atoms with Crippen LogP contribution in [0.4, 0.5) is 5.82 Å². The number of rotatable bonds is 2. The molecule has 0 saturated carbocycles. The number of aryl methyl sites for hydroxylation is 1. The fourth-order valence-corrected chi connectivity index (χ4v) is 3.53. The van der Waals surface area contributed by atoms with Crippen LogP contribution in [0.2, 0.25) is 5.15 Å². The lowest BCUT2D eigenvalue weighted by Gasteiger charge is -2.27. The molecule has 1 unspecified atom stereocenters. The van der Waals surface area contributed by atoms with E-state index in [4.69, 9.17) is 11.6 Å². The molecule has 108 valence electrons. The molecule has 0 spiro atoms. The molecule has 3 heterocycles. The summed E-state index contributed by atoms with van der Waals surface area (Å²) in [6.45, 7) is 5.98. The van der Waals surface area contributed by atoms with Crippen molar-refractivity contribution in [2.45, 2.75) is 32.2 Å². The van der Waals surface area contributed by atoms with Crippen LogP contribution < -0.4 is 4.90 Å². The summed E-state index contributed by atoms with van der Waals surface area (Å²) in [5.41, 5.74) is 0.420. The Morgan fingerprint density at radius 2 is 2.05 bits per heavy atom. The van der Waals surface area contributed by atoms with E-state index in [1.165, 1.54) is 19.4 Å². The van der Waals surface area contributed by atoms with E-state index in [0.717, 1.165) is 32.3 Å². The van der Waals surface area contributed by atoms with Gasteiger partial charge in [0.25, 0.3) is 0 Å². The van der Waals surface area contributed by atoms with E-state index in [9.17, 15) is 4.79 Å². The van der Waals surface area contributed by atoms with Crippen molar-refractivity contribution < 1.29 is 4.79 Å². The Morgan fingerprint density at radius 3 is 2.85 bits per heavy atom. The molecule has 1 aromatic heterocycles. The third-order valence-corrected chi connectivity index (χ3v) is 4.50. The van der Waals surface area contributed by atoms with E-state index in [1.807, 2.05) is 6.92 Å². The standard InChI is InChI=1S/C14H19ClN4O/c1-10-16-13(15)12(9-20)14(17-10)19-7-3-6-18-5-2-4-11(18)8-19/h9,11H,2-8H2,1H3. The molecule has 1 atom stereocenters. The molecule has 2 fully saturated rings. The molecule has 20 heavy (non-hydrogen) atoms. The summed E-state index contributed by atoms with van der Waals surface area (Å²) in [6.07, 6.45) is 4.36. The largest absolute Gasteiger partial charge is 0.354 e. The second-order valence-corrected chi connectivity index (χ2v) is 5.91. The van der Waals surface area contributed by atoms with Gasteiger partial charge in [-0.15, -0.1) is 0 Å². The third-order valence-electron chi connectivity index (χ3n) is 4.21. The zero-order valence-electron chi connectivity index (χ0n) is 11.7. The number of halogens is 1. The van der Waals surface area contributed by atoms with Gasteiger partial charge in [0.2, 0.25) is 0 Å². The number of aldehydes is 1. The minimum Gasteiger partial charge on any atom is -0.354 e. The number of carbonyl (C=O) groups is 1. The van der Waals surface area contributed by atoms with Crippen LogP contribution >= 0.6 is 11.6 Å². The maximum atomic E-state index is 11.3. The van der Waals surface area contributed by atoms with Gasteiger partial charge in [-0.2, -0.15) is 0 Å². The fourth-order valence-electron chi connectivity index (χ4n) is 3.27. The number of anilines is 1.